The SMILES string of the molecule is Cc1cccc(-n2nc(-c3cccs3)cc2C(=O)N2CCC(C)CC2)c1. The molecule has 0 spiro atoms. The van der Waals surface area contributed by atoms with E-state index in [1.165, 1.54) is 0 Å². The van der Waals surface area contributed by atoms with Crippen LogP contribution in [-0.2, 0) is 0 Å². The van der Waals surface area contributed by atoms with Crippen LogP contribution >= 0.6 is 11.3 Å². The summed E-state index contributed by atoms with van der Waals surface area (Å²) in [7, 11) is 0. The van der Waals surface area contributed by atoms with Gasteiger partial charge < -0.3 is 4.90 Å². The first-order valence-electron chi connectivity index (χ1n) is 9.12. The fourth-order valence-electron chi connectivity index (χ4n) is 3.41. The zero-order valence-electron chi connectivity index (χ0n) is 15.2. The molecule has 0 bridgehead atoms. The van der Waals surface area contributed by atoms with Gasteiger partial charge in [0, 0.05) is 13.1 Å². The topological polar surface area (TPSA) is 38.1 Å². The van der Waals surface area contributed by atoms with E-state index in [0.29, 0.717) is 11.6 Å². The van der Waals surface area contributed by atoms with Crippen LogP contribution in [0.2, 0.25) is 0 Å². The van der Waals surface area contributed by atoms with Crippen LogP contribution in [0.25, 0.3) is 16.3 Å². The first-order chi connectivity index (χ1) is 12.6. The van der Waals surface area contributed by atoms with Crippen molar-refractivity contribution in [1.82, 2.24) is 14.7 Å². The maximum atomic E-state index is 13.2. The quantitative estimate of drug-likeness (QED) is 0.670. The molecule has 0 atom stereocenters. The molecule has 0 N–H and O–H groups in total. The lowest BCUT2D eigenvalue weighted by atomic mass is 9.99. The number of rotatable bonds is 3. The molecule has 3 heterocycles. The zero-order valence-corrected chi connectivity index (χ0v) is 16.0. The normalized spacial score (nSPS) is 15.4. The van der Waals surface area contributed by atoms with E-state index in [4.69, 9.17) is 5.10 Å². The minimum Gasteiger partial charge on any atom is -0.337 e. The van der Waals surface area contributed by atoms with Gasteiger partial charge in [-0.2, -0.15) is 5.10 Å². The molecule has 0 aliphatic carbocycles. The Kier molecular flexibility index (Phi) is 4.64. The van der Waals surface area contributed by atoms with Gasteiger partial charge in [-0.05, 0) is 60.9 Å². The summed E-state index contributed by atoms with van der Waals surface area (Å²) in [6.07, 6.45) is 2.14. The summed E-state index contributed by atoms with van der Waals surface area (Å²) in [4.78, 5) is 16.3. The van der Waals surface area contributed by atoms with Crippen LogP contribution in [-0.4, -0.2) is 33.7 Å². The third-order valence-electron chi connectivity index (χ3n) is 5.02. The van der Waals surface area contributed by atoms with Crippen molar-refractivity contribution in [2.24, 2.45) is 5.92 Å². The van der Waals surface area contributed by atoms with E-state index in [1.807, 2.05) is 45.3 Å². The maximum absolute atomic E-state index is 13.2. The van der Waals surface area contributed by atoms with Crippen LogP contribution in [0.1, 0.15) is 35.8 Å². The number of nitrogens with zero attached hydrogens (tertiary/aromatic N) is 3. The van der Waals surface area contributed by atoms with E-state index >= 15 is 0 Å². The standard InChI is InChI=1S/C21H23N3OS/c1-15-8-10-23(11-9-15)21(25)19-14-18(20-7-4-12-26-20)22-24(19)17-6-3-5-16(2)13-17/h3-7,12-15H,8-11H2,1-2H3. The van der Waals surface area contributed by atoms with Crippen molar-refractivity contribution in [2.75, 3.05) is 13.1 Å². The number of piperidine rings is 1. The molecule has 1 aliphatic heterocycles. The molecule has 3 aromatic rings. The van der Waals surface area contributed by atoms with E-state index in [9.17, 15) is 4.79 Å². The van der Waals surface area contributed by atoms with Crippen LogP contribution in [0.5, 0.6) is 0 Å². The highest BCUT2D eigenvalue weighted by atomic mass is 32.1. The smallest absolute Gasteiger partial charge is 0.272 e. The number of thiophene rings is 1. The van der Waals surface area contributed by atoms with E-state index in [-0.39, 0.29) is 5.91 Å². The Morgan fingerprint density at radius 1 is 1.15 bits per heavy atom. The van der Waals surface area contributed by atoms with E-state index in [1.54, 1.807) is 11.3 Å². The molecular formula is C21H23N3OS. The van der Waals surface area contributed by atoms with Crippen LogP contribution < -0.4 is 0 Å². The van der Waals surface area contributed by atoms with Gasteiger partial charge >= 0.3 is 0 Å². The van der Waals surface area contributed by atoms with Gasteiger partial charge in [-0.1, -0.05) is 25.1 Å². The molecule has 1 aromatic carbocycles. The van der Waals surface area contributed by atoms with Gasteiger partial charge in [0.15, 0.2) is 0 Å². The number of aryl methyl sites for hydroxylation is 1. The molecule has 1 fully saturated rings. The zero-order chi connectivity index (χ0) is 18.1. The minimum absolute atomic E-state index is 0.0775. The Labute approximate surface area is 158 Å². The minimum atomic E-state index is 0.0775. The van der Waals surface area contributed by atoms with Crippen LogP contribution in [0.15, 0.2) is 47.8 Å². The number of amides is 1. The molecule has 1 saturated heterocycles. The summed E-state index contributed by atoms with van der Waals surface area (Å²) in [5.74, 6) is 0.774. The second-order valence-corrected chi connectivity index (χ2v) is 8.07. The third kappa shape index (κ3) is 3.31. The average Bonchev–Trinajstić information content (AvgIpc) is 3.31. The van der Waals surface area contributed by atoms with Crippen molar-refractivity contribution in [1.29, 1.82) is 0 Å². The summed E-state index contributed by atoms with van der Waals surface area (Å²) in [6, 6.07) is 14.1. The molecule has 4 nitrogen and oxygen atoms in total. The lowest BCUT2D eigenvalue weighted by Gasteiger charge is -2.30. The fourth-order valence-corrected chi connectivity index (χ4v) is 4.09. The third-order valence-corrected chi connectivity index (χ3v) is 5.91. The molecule has 26 heavy (non-hydrogen) atoms. The van der Waals surface area contributed by atoms with Crippen molar-refractivity contribution in [3.05, 3.63) is 59.1 Å². The van der Waals surface area contributed by atoms with E-state index in [0.717, 1.165) is 47.8 Å². The summed E-state index contributed by atoms with van der Waals surface area (Å²) >= 11 is 1.64. The number of carbonyl (C=O) groups is 1. The molecule has 134 valence electrons. The monoisotopic (exact) mass is 365 g/mol. The lowest BCUT2D eigenvalue weighted by molar-refractivity contribution is 0.0688. The molecule has 0 unspecified atom stereocenters. The molecular weight excluding hydrogens is 342 g/mol. The van der Waals surface area contributed by atoms with Crippen molar-refractivity contribution in [2.45, 2.75) is 26.7 Å². The fraction of sp³-hybridized carbons (Fsp3) is 0.333. The largest absolute Gasteiger partial charge is 0.337 e. The Hall–Kier alpha value is -2.40. The van der Waals surface area contributed by atoms with E-state index in [2.05, 4.69) is 26.0 Å². The number of hydrogen-bond donors (Lipinski definition) is 0. The molecule has 1 aliphatic rings. The van der Waals surface area contributed by atoms with Gasteiger partial charge in [0.2, 0.25) is 0 Å². The molecule has 2 aromatic heterocycles. The number of aromatic nitrogens is 2. The van der Waals surface area contributed by atoms with Gasteiger partial charge in [-0.3, -0.25) is 4.79 Å². The molecule has 1 amide bonds. The van der Waals surface area contributed by atoms with Gasteiger partial charge in [0.25, 0.3) is 5.91 Å². The highest BCUT2D eigenvalue weighted by Crippen LogP contribution is 2.27. The molecule has 0 radical (unpaired) electrons. The lowest BCUT2D eigenvalue weighted by Crippen LogP contribution is -2.38. The Morgan fingerprint density at radius 3 is 2.65 bits per heavy atom. The van der Waals surface area contributed by atoms with Gasteiger partial charge in [0.05, 0.1) is 10.6 Å². The molecule has 5 heteroatoms. The average molecular weight is 366 g/mol. The van der Waals surface area contributed by atoms with Crippen molar-refractivity contribution < 1.29 is 4.79 Å². The van der Waals surface area contributed by atoms with Crippen molar-refractivity contribution in [3.63, 3.8) is 0 Å². The first-order valence-corrected chi connectivity index (χ1v) is 10.00. The maximum Gasteiger partial charge on any atom is 0.272 e. The highest BCUT2D eigenvalue weighted by Gasteiger charge is 2.26. The summed E-state index contributed by atoms with van der Waals surface area (Å²) in [6.45, 7) is 5.97. The second kappa shape index (κ2) is 7.08. The predicted molar refractivity (Wildman–Crippen MR) is 106 cm³/mol. The molecule has 0 saturated carbocycles. The summed E-state index contributed by atoms with van der Waals surface area (Å²) in [5.41, 5.74) is 3.59. The van der Waals surface area contributed by atoms with E-state index < -0.39 is 0 Å². The second-order valence-electron chi connectivity index (χ2n) is 7.12. The summed E-state index contributed by atoms with van der Waals surface area (Å²) < 4.78 is 1.81. The highest BCUT2D eigenvalue weighted by molar-refractivity contribution is 7.13. The first kappa shape index (κ1) is 17.0. The van der Waals surface area contributed by atoms with Crippen molar-refractivity contribution >= 4 is 17.2 Å². The number of carbonyl (C=O) groups excluding carboxylic acids is 1. The number of hydrogen-bond acceptors (Lipinski definition) is 3. The predicted octanol–water partition coefficient (Wildman–Crippen LogP) is 4.78. The van der Waals surface area contributed by atoms with Crippen LogP contribution in [0.4, 0.5) is 0 Å². The van der Waals surface area contributed by atoms with Crippen LogP contribution in [0.3, 0.4) is 0 Å². The summed E-state index contributed by atoms with van der Waals surface area (Å²) in [5, 5.41) is 6.81. The number of likely N-dealkylation sites (tertiary alicyclic amines) is 1. The van der Waals surface area contributed by atoms with Crippen molar-refractivity contribution in [3.8, 4) is 16.3 Å². The van der Waals surface area contributed by atoms with Gasteiger partial charge in [0.1, 0.15) is 11.4 Å². The van der Waals surface area contributed by atoms with Gasteiger partial charge in [-0.25, -0.2) is 4.68 Å². The van der Waals surface area contributed by atoms with Crippen LogP contribution in [0, 0.1) is 12.8 Å². The molecule has 4 rings (SSSR count). The Balaban J connectivity index is 1.75. The Morgan fingerprint density at radius 2 is 1.96 bits per heavy atom. The number of benzene rings is 1. The van der Waals surface area contributed by atoms with Gasteiger partial charge in [-0.15, -0.1) is 11.3 Å². The Bertz CT molecular complexity index is 905.